The van der Waals surface area contributed by atoms with E-state index >= 15 is 0 Å². The molecule has 0 amide bonds. The van der Waals surface area contributed by atoms with E-state index in [1.54, 1.807) is 42.5 Å². The molecular weight excluding hydrogens is 536 g/mol. The van der Waals surface area contributed by atoms with Crippen molar-refractivity contribution in [1.29, 1.82) is 0 Å². The summed E-state index contributed by atoms with van der Waals surface area (Å²) in [5.74, 6) is -0.474. The van der Waals surface area contributed by atoms with Gasteiger partial charge >= 0.3 is 5.97 Å². The Balaban J connectivity index is 1.73. The van der Waals surface area contributed by atoms with E-state index in [4.69, 9.17) is 18.9 Å². The minimum Gasteiger partial charge on any atom is -0.460 e. The number of rotatable bonds is 3. The van der Waals surface area contributed by atoms with Gasteiger partial charge in [-0.25, -0.2) is 4.79 Å². The topological polar surface area (TPSA) is 175 Å². The molecular formula is C30H44O11. The number of cyclic esters (lactones) is 1. The van der Waals surface area contributed by atoms with Crippen LogP contribution in [0.2, 0.25) is 0 Å². The Kier molecular flexibility index (Phi) is 13.9. The highest BCUT2D eigenvalue weighted by Gasteiger charge is 2.44. The molecule has 3 aliphatic rings. The molecule has 3 aliphatic heterocycles. The molecule has 2 fully saturated rings. The number of hydrogen-bond acceptors (Lipinski definition) is 11. The van der Waals surface area contributed by atoms with Gasteiger partial charge in [0.15, 0.2) is 6.29 Å². The number of hydrogen-bond donors (Lipinski definition) is 6. The fraction of sp³-hybridized carbons (Fsp3) is 0.633. The zero-order valence-electron chi connectivity index (χ0n) is 23.3. The van der Waals surface area contributed by atoms with E-state index in [0.717, 1.165) is 6.42 Å². The summed E-state index contributed by atoms with van der Waals surface area (Å²) in [5, 5.41) is 60.7. The van der Waals surface area contributed by atoms with Crippen LogP contribution in [0.1, 0.15) is 45.4 Å². The summed E-state index contributed by atoms with van der Waals surface area (Å²) in [5.41, 5.74) is 0. The van der Waals surface area contributed by atoms with Crippen LogP contribution < -0.4 is 0 Å². The number of esters is 1. The maximum atomic E-state index is 12.1. The molecule has 11 nitrogen and oxygen atoms in total. The lowest BCUT2D eigenvalue weighted by atomic mass is 9.95. The summed E-state index contributed by atoms with van der Waals surface area (Å²) < 4.78 is 22.8. The third-order valence-electron chi connectivity index (χ3n) is 7.19. The van der Waals surface area contributed by atoms with Crippen LogP contribution in [0.4, 0.5) is 0 Å². The quantitative estimate of drug-likeness (QED) is 0.205. The van der Waals surface area contributed by atoms with E-state index in [-0.39, 0.29) is 12.2 Å². The van der Waals surface area contributed by atoms with Crippen molar-refractivity contribution in [3.8, 4) is 0 Å². The summed E-state index contributed by atoms with van der Waals surface area (Å²) in [6.45, 7) is 1.25. The van der Waals surface area contributed by atoms with E-state index in [1.165, 1.54) is 6.08 Å². The minimum absolute atomic E-state index is 0.279. The Labute approximate surface area is 240 Å². The van der Waals surface area contributed by atoms with Crippen LogP contribution in [0, 0.1) is 0 Å². The maximum Gasteiger partial charge on any atom is 0.331 e. The molecule has 0 spiro atoms. The van der Waals surface area contributed by atoms with Gasteiger partial charge in [0.2, 0.25) is 0 Å². The zero-order valence-corrected chi connectivity index (χ0v) is 23.3. The van der Waals surface area contributed by atoms with E-state index in [1.807, 2.05) is 19.1 Å². The summed E-state index contributed by atoms with van der Waals surface area (Å²) in [7, 11) is 0. The van der Waals surface area contributed by atoms with Gasteiger partial charge in [-0.05, 0) is 39.0 Å². The molecule has 230 valence electrons. The Morgan fingerprint density at radius 1 is 0.878 bits per heavy atom. The van der Waals surface area contributed by atoms with Gasteiger partial charge in [-0.2, -0.15) is 0 Å². The number of carbonyl (C=O) groups excluding carboxylic acids is 1. The first kappa shape index (κ1) is 33.3. The number of allylic oxidation sites excluding steroid dienone is 5. The Hall–Kier alpha value is -2.19. The average Bonchev–Trinajstić information content (AvgIpc) is 2.94. The van der Waals surface area contributed by atoms with Crippen LogP contribution >= 0.6 is 0 Å². The van der Waals surface area contributed by atoms with Crippen LogP contribution in [0.15, 0.2) is 60.8 Å². The second-order valence-electron chi connectivity index (χ2n) is 10.6. The molecule has 41 heavy (non-hydrogen) atoms. The Bertz CT molecular complexity index is 943. The van der Waals surface area contributed by atoms with Crippen molar-refractivity contribution in [1.82, 2.24) is 0 Å². The van der Waals surface area contributed by atoms with Gasteiger partial charge in [0.1, 0.15) is 36.6 Å². The largest absolute Gasteiger partial charge is 0.460 e. The number of fused-ring (bicyclic) bond motifs is 2. The molecule has 0 saturated carbocycles. The van der Waals surface area contributed by atoms with Crippen molar-refractivity contribution >= 4 is 5.97 Å². The monoisotopic (exact) mass is 580 g/mol. The van der Waals surface area contributed by atoms with E-state index in [0.29, 0.717) is 32.1 Å². The molecule has 3 rings (SSSR count). The van der Waals surface area contributed by atoms with Crippen molar-refractivity contribution in [3.63, 3.8) is 0 Å². The van der Waals surface area contributed by atoms with E-state index in [2.05, 4.69) is 0 Å². The number of aliphatic hydroxyl groups is 6. The number of ether oxygens (including phenoxy) is 4. The van der Waals surface area contributed by atoms with Crippen LogP contribution in [0.5, 0.6) is 0 Å². The summed E-state index contributed by atoms with van der Waals surface area (Å²) >= 11 is 0. The minimum atomic E-state index is -1.56. The molecule has 2 bridgehead atoms. The van der Waals surface area contributed by atoms with Gasteiger partial charge < -0.3 is 49.6 Å². The lowest BCUT2D eigenvalue weighted by molar-refractivity contribution is -0.307. The Morgan fingerprint density at radius 3 is 2.41 bits per heavy atom. The molecule has 0 aliphatic carbocycles. The highest BCUT2D eigenvalue weighted by atomic mass is 16.7. The van der Waals surface area contributed by atoms with Crippen LogP contribution in [0.3, 0.4) is 0 Å². The van der Waals surface area contributed by atoms with Crippen molar-refractivity contribution in [3.05, 3.63) is 60.8 Å². The normalized spacial score (nSPS) is 43.1. The van der Waals surface area contributed by atoms with Crippen LogP contribution in [-0.4, -0.2) is 111 Å². The van der Waals surface area contributed by atoms with Crippen molar-refractivity contribution in [2.45, 2.75) is 113 Å². The average molecular weight is 581 g/mol. The highest BCUT2D eigenvalue weighted by molar-refractivity contribution is 5.82. The third kappa shape index (κ3) is 10.5. The predicted molar refractivity (Wildman–Crippen MR) is 148 cm³/mol. The lowest BCUT2D eigenvalue weighted by Crippen LogP contribution is -2.59. The van der Waals surface area contributed by atoms with Crippen LogP contribution in [0.25, 0.3) is 0 Å². The smallest absolute Gasteiger partial charge is 0.331 e. The fourth-order valence-electron chi connectivity index (χ4n) is 4.80. The molecule has 1 unspecified atom stereocenters. The van der Waals surface area contributed by atoms with Gasteiger partial charge in [-0.3, -0.25) is 0 Å². The molecule has 2 saturated heterocycles. The van der Waals surface area contributed by atoms with Gasteiger partial charge in [0.25, 0.3) is 0 Å². The maximum absolute atomic E-state index is 12.1. The van der Waals surface area contributed by atoms with Crippen molar-refractivity contribution in [2.24, 2.45) is 0 Å². The summed E-state index contributed by atoms with van der Waals surface area (Å²) in [6, 6.07) is 0. The summed E-state index contributed by atoms with van der Waals surface area (Å²) in [4.78, 5) is 12.1. The molecule has 11 heteroatoms. The molecule has 0 aromatic heterocycles. The van der Waals surface area contributed by atoms with Gasteiger partial charge in [0, 0.05) is 12.5 Å². The SMILES string of the molecule is CC1CCC/C=C/[C@@H]2O[C@@H](C/C=C\C=C\[C@H](O[C@@H]3O[C@H](CO)[C@@H](O)[C@H](O)[C@H]3O)C/C=C/C=CC(=O)O1)C[C@@H](O)[C@H]2O. The first-order valence-electron chi connectivity index (χ1n) is 14.2. The highest BCUT2D eigenvalue weighted by Crippen LogP contribution is 2.25. The van der Waals surface area contributed by atoms with Crippen LogP contribution in [-0.2, 0) is 23.7 Å². The molecule has 6 N–H and O–H groups in total. The third-order valence-corrected chi connectivity index (χ3v) is 7.19. The van der Waals surface area contributed by atoms with Crippen molar-refractivity contribution < 1.29 is 54.4 Å². The van der Waals surface area contributed by atoms with Gasteiger partial charge in [-0.15, -0.1) is 0 Å². The zero-order chi connectivity index (χ0) is 29.8. The van der Waals surface area contributed by atoms with Gasteiger partial charge in [0.05, 0.1) is 31.0 Å². The van der Waals surface area contributed by atoms with Crippen molar-refractivity contribution in [2.75, 3.05) is 6.61 Å². The lowest BCUT2D eigenvalue weighted by Gasteiger charge is -2.40. The Morgan fingerprint density at radius 2 is 1.63 bits per heavy atom. The fourth-order valence-corrected chi connectivity index (χ4v) is 4.80. The van der Waals surface area contributed by atoms with Gasteiger partial charge in [-0.1, -0.05) is 54.7 Å². The number of aliphatic hydroxyl groups excluding tert-OH is 6. The molecule has 11 atom stereocenters. The second-order valence-corrected chi connectivity index (χ2v) is 10.6. The summed E-state index contributed by atoms with van der Waals surface area (Å²) in [6.07, 6.45) is 9.50. The molecule has 3 heterocycles. The standard InChI is InChI=1S/C30H44O11/c1-19-11-5-2-9-15-23-26(34)22(32)17-21(39-23)14-8-3-6-12-20(13-7-4-10-16-25(33)38-19)40-30-29(37)28(36)27(35)24(18-31)41-30/h3-4,6-10,12,15-16,19-24,26-32,34-37H,2,5,11,13-14,17-18H2,1H3/b7-4+,8-3-,12-6+,15-9+,16-10?/t19?,20-,21-,22+,23-,24+,26+,27+,28-,29+,30+/m0/s1. The second kappa shape index (κ2) is 17.1. The number of carbonyl (C=O) groups is 1. The molecule has 0 aromatic carbocycles. The molecule has 0 aromatic rings. The molecule has 0 radical (unpaired) electrons. The first-order chi connectivity index (χ1) is 19.7. The predicted octanol–water partition coefficient (Wildman–Crippen LogP) is 0.728. The van der Waals surface area contributed by atoms with E-state index in [9.17, 15) is 35.4 Å². The van der Waals surface area contributed by atoms with E-state index < -0.39 is 67.7 Å². The first-order valence-corrected chi connectivity index (χ1v) is 14.2.